The number of nitrogens with two attached hydrogens (primary N) is 1. The molecule has 0 aliphatic heterocycles. The topological polar surface area (TPSA) is 107 Å². The van der Waals surface area contributed by atoms with Gasteiger partial charge in [-0.3, -0.25) is 4.79 Å². The zero-order valence-corrected chi connectivity index (χ0v) is 20.1. The lowest BCUT2D eigenvalue weighted by molar-refractivity contribution is -0.160. The number of benzene rings is 2. The molecule has 1 aromatic heterocycles. The molecule has 7 heteroatoms. The number of aryl methyl sites for hydroxylation is 1. The first-order valence-corrected chi connectivity index (χ1v) is 11.3. The number of nitriles is 1. The average molecular weight is 462 g/mol. The van der Waals surface area contributed by atoms with E-state index in [9.17, 15) is 14.9 Å². The molecular formula is C27H31N3O4. The molecule has 0 aliphatic carbocycles. The van der Waals surface area contributed by atoms with Crippen LogP contribution in [-0.4, -0.2) is 28.7 Å². The highest BCUT2D eigenvalue weighted by atomic mass is 16.6. The quantitative estimate of drug-likeness (QED) is 0.384. The Bertz CT molecular complexity index is 1200. The fourth-order valence-electron chi connectivity index (χ4n) is 3.72. The van der Waals surface area contributed by atoms with Gasteiger partial charge in [-0.1, -0.05) is 25.1 Å². The Labute approximate surface area is 200 Å². The van der Waals surface area contributed by atoms with Crippen LogP contribution in [0.3, 0.4) is 0 Å². The van der Waals surface area contributed by atoms with Crippen molar-refractivity contribution in [1.29, 1.82) is 5.26 Å². The fourth-order valence-corrected chi connectivity index (χ4v) is 3.72. The number of rotatable bonds is 8. The lowest BCUT2D eigenvalue weighted by Crippen LogP contribution is -2.33. The molecule has 34 heavy (non-hydrogen) atoms. The Morgan fingerprint density at radius 3 is 2.50 bits per heavy atom. The van der Waals surface area contributed by atoms with Crippen LogP contribution in [0, 0.1) is 17.2 Å². The van der Waals surface area contributed by atoms with Gasteiger partial charge in [-0.15, -0.1) is 0 Å². The molecule has 0 spiro atoms. The Morgan fingerprint density at radius 2 is 1.85 bits per heavy atom. The highest BCUT2D eigenvalue weighted by Gasteiger charge is 2.28. The molecular weight excluding hydrogens is 430 g/mol. The minimum Gasteiger partial charge on any atom is -0.462 e. The smallest absolute Gasteiger partial charge is 0.338 e. The first-order valence-electron chi connectivity index (χ1n) is 11.3. The van der Waals surface area contributed by atoms with Gasteiger partial charge in [0.2, 0.25) is 0 Å². The van der Waals surface area contributed by atoms with Gasteiger partial charge in [0.15, 0.2) is 0 Å². The van der Waals surface area contributed by atoms with E-state index in [1.165, 1.54) is 0 Å². The van der Waals surface area contributed by atoms with Crippen LogP contribution in [0.15, 0.2) is 54.7 Å². The van der Waals surface area contributed by atoms with Gasteiger partial charge in [0.05, 0.1) is 29.2 Å². The standard InChI is InChI=1S/C27H31N3O4/c1-18(25(31)34-27(2,3)4)23(29)21-15-20-11-13-30(24(20)22(16-21)17-28)12-8-14-33-26(32)19-9-6-5-7-10-19/h5-7,9-11,13,15-16,18,23H,8,12,14,29H2,1-4H3/t18-,23?/m1/s1. The summed E-state index contributed by atoms with van der Waals surface area (Å²) in [5.41, 5.74) is 8.28. The van der Waals surface area contributed by atoms with E-state index in [-0.39, 0.29) is 18.5 Å². The summed E-state index contributed by atoms with van der Waals surface area (Å²) in [5.74, 6) is -1.29. The van der Waals surface area contributed by atoms with Crippen LogP contribution in [0.2, 0.25) is 0 Å². The molecule has 2 aromatic carbocycles. The summed E-state index contributed by atoms with van der Waals surface area (Å²) in [6, 6.07) is 16.1. The zero-order valence-electron chi connectivity index (χ0n) is 20.1. The molecule has 3 aromatic rings. The Morgan fingerprint density at radius 1 is 1.15 bits per heavy atom. The second-order valence-electron chi connectivity index (χ2n) is 9.33. The minimum atomic E-state index is -0.605. The molecule has 0 radical (unpaired) electrons. The third kappa shape index (κ3) is 6.03. The Balaban J connectivity index is 1.70. The Hall–Kier alpha value is -3.63. The molecule has 1 unspecified atom stereocenters. The largest absolute Gasteiger partial charge is 0.462 e. The summed E-state index contributed by atoms with van der Waals surface area (Å²) in [6.07, 6.45) is 2.50. The summed E-state index contributed by atoms with van der Waals surface area (Å²) in [4.78, 5) is 24.6. The first kappa shape index (κ1) is 25.0. The van der Waals surface area contributed by atoms with E-state index in [0.29, 0.717) is 29.7 Å². The number of hydrogen-bond donors (Lipinski definition) is 1. The summed E-state index contributed by atoms with van der Waals surface area (Å²) in [6.45, 7) is 8.03. The number of carbonyl (C=O) groups excluding carboxylic acids is 2. The summed E-state index contributed by atoms with van der Waals surface area (Å²) in [7, 11) is 0. The maximum atomic E-state index is 12.5. The van der Waals surface area contributed by atoms with Gasteiger partial charge < -0.3 is 19.8 Å². The van der Waals surface area contributed by atoms with Crippen molar-refractivity contribution < 1.29 is 19.1 Å². The van der Waals surface area contributed by atoms with Crippen molar-refractivity contribution in [1.82, 2.24) is 4.57 Å². The highest BCUT2D eigenvalue weighted by Crippen LogP contribution is 2.29. The zero-order chi connectivity index (χ0) is 24.9. The molecule has 0 fully saturated rings. The lowest BCUT2D eigenvalue weighted by atomic mass is 9.93. The lowest BCUT2D eigenvalue weighted by Gasteiger charge is -2.25. The van der Waals surface area contributed by atoms with Gasteiger partial charge in [0.25, 0.3) is 0 Å². The van der Waals surface area contributed by atoms with E-state index in [1.54, 1.807) is 37.3 Å². The van der Waals surface area contributed by atoms with Gasteiger partial charge in [0.1, 0.15) is 11.7 Å². The van der Waals surface area contributed by atoms with E-state index in [2.05, 4.69) is 6.07 Å². The molecule has 0 amide bonds. The van der Waals surface area contributed by atoms with Gasteiger partial charge >= 0.3 is 11.9 Å². The number of ether oxygens (including phenoxy) is 2. The van der Waals surface area contributed by atoms with Crippen LogP contribution >= 0.6 is 0 Å². The number of nitrogens with zero attached hydrogens (tertiary/aromatic N) is 2. The molecule has 2 N–H and O–H groups in total. The SMILES string of the molecule is C[C@@H](C(=O)OC(C)(C)C)C(N)c1cc(C#N)c2c(ccn2CCCOC(=O)c2ccccc2)c1. The first-order chi connectivity index (χ1) is 16.1. The van der Waals surface area contributed by atoms with Crippen molar-refractivity contribution in [3.8, 4) is 6.07 Å². The van der Waals surface area contributed by atoms with Crippen LogP contribution in [-0.2, 0) is 20.8 Å². The molecule has 2 atom stereocenters. The van der Waals surface area contributed by atoms with Gasteiger partial charge in [0, 0.05) is 24.2 Å². The number of esters is 2. The monoisotopic (exact) mass is 461 g/mol. The number of carbonyl (C=O) groups is 2. The predicted molar refractivity (Wildman–Crippen MR) is 130 cm³/mol. The minimum absolute atomic E-state index is 0.269. The van der Waals surface area contributed by atoms with E-state index in [0.717, 1.165) is 10.9 Å². The van der Waals surface area contributed by atoms with Crippen molar-refractivity contribution in [3.05, 3.63) is 71.4 Å². The van der Waals surface area contributed by atoms with Crippen LogP contribution in [0.4, 0.5) is 0 Å². The van der Waals surface area contributed by atoms with E-state index < -0.39 is 17.6 Å². The fraction of sp³-hybridized carbons (Fsp3) is 0.370. The summed E-state index contributed by atoms with van der Waals surface area (Å²) < 4.78 is 12.8. The van der Waals surface area contributed by atoms with Crippen LogP contribution in [0.1, 0.15) is 61.6 Å². The highest BCUT2D eigenvalue weighted by molar-refractivity contribution is 5.89. The van der Waals surface area contributed by atoms with Gasteiger partial charge in [-0.05, 0) is 63.1 Å². The molecule has 0 saturated heterocycles. The third-order valence-electron chi connectivity index (χ3n) is 5.49. The second-order valence-corrected chi connectivity index (χ2v) is 9.33. The van der Waals surface area contributed by atoms with Crippen LogP contribution in [0.5, 0.6) is 0 Å². The van der Waals surface area contributed by atoms with Crippen LogP contribution in [0.25, 0.3) is 10.9 Å². The number of aromatic nitrogens is 1. The molecule has 178 valence electrons. The van der Waals surface area contributed by atoms with Gasteiger partial charge in [-0.2, -0.15) is 5.26 Å². The van der Waals surface area contributed by atoms with E-state index in [4.69, 9.17) is 15.2 Å². The average Bonchev–Trinajstić information content (AvgIpc) is 3.22. The second kappa shape index (κ2) is 10.5. The summed E-state index contributed by atoms with van der Waals surface area (Å²) in [5, 5.41) is 10.7. The van der Waals surface area contributed by atoms with Gasteiger partial charge in [-0.25, -0.2) is 4.79 Å². The molecule has 7 nitrogen and oxygen atoms in total. The van der Waals surface area contributed by atoms with Crippen molar-refractivity contribution in [2.45, 2.75) is 52.3 Å². The third-order valence-corrected chi connectivity index (χ3v) is 5.49. The molecule has 0 saturated carbocycles. The maximum absolute atomic E-state index is 12.5. The van der Waals surface area contributed by atoms with E-state index >= 15 is 0 Å². The predicted octanol–water partition coefficient (Wildman–Crippen LogP) is 4.74. The van der Waals surface area contributed by atoms with E-state index in [1.807, 2.05) is 49.7 Å². The molecule has 3 rings (SSSR count). The Kier molecular flexibility index (Phi) is 7.75. The molecule has 1 heterocycles. The molecule has 0 bridgehead atoms. The summed E-state index contributed by atoms with van der Waals surface area (Å²) >= 11 is 0. The van der Waals surface area contributed by atoms with Crippen LogP contribution < -0.4 is 5.73 Å². The normalized spacial score (nSPS) is 13.2. The van der Waals surface area contributed by atoms with Crippen molar-refractivity contribution in [2.75, 3.05) is 6.61 Å². The van der Waals surface area contributed by atoms with Crippen molar-refractivity contribution in [3.63, 3.8) is 0 Å². The maximum Gasteiger partial charge on any atom is 0.338 e. The van der Waals surface area contributed by atoms with Crippen molar-refractivity contribution in [2.24, 2.45) is 11.7 Å². The molecule has 0 aliphatic rings. The van der Waals surface area contributed by atoms with Crippen molar-refractivity contribution >= 4 is 22.8 Å². The number of hydrogen-bond acceptors (Lipinski definition) is 6. The number of fused-ring (bicyclic) bond motifs is 1.